The zero-order valence-corrected chi connectivity index (χ0v) is 14.5. The number of imidazole rings is 1. The monoisotopic (exact) mass is 347 g/mol. The van der Waals surface area contributed by atoms with Crippen molar-refractivity contribution >= 4 is 17.2 Å². The average Bonchev–Trinajstić information content (AvgIpc) is 3.27. The predicted octanol–water partition coefficient (Wildman–Crippen LogP) is 1.39. The maximum atomic E-state index is 12.6. The molecule has 8 heteroatoms. The van der Waals surface area contributed by atoms with E-state index < -0.39 is 0 Å². The lowest BCUT2D eigenvalue weighted by Gasteiger charge is -2.32. The lowest BCUT2D eigenvalue weighted by molar-refractivity contribution is 0.0299. The Morgan fingerprint density at radius 3 is 2.92 bits per heavy atom. The number of ether oxygens (including phenoxy) is 1. The van der Waals surface area contributed by atoms with Crippen molar-refractivity contribution in [3.05, 3.63) is 34.3 Å². The molecule has 2 aromatic rings. The van der Waals surface area contributed by atoms with Crippen LogP contribution in [0, 0.1) is 0 Å². The Kier molecular flexibility index (Phi) is 4.34. The van der Waals surface area contributed by atoms with Crippen molar-refractivity contribution in [2.45, 2.75) is 26.1 Å². The van der Waals surface area contributed by atoms with E-state index in [9.17, 15) is 4.79 Å². The van der Waals surface area contributed by atoms with Crippen molar-refractivity contribution in [3.63, 3.8) is 0 Å². The van der Waals surface area contributed by atoms with Gasteiger partial charge >= 0.3 is 0 Å². The van der Waals surface area contributed by atoms with Gasteiger partial charge in [-0.3, -0.25) is 9.69 Å². The van der Waals surface area contributed by atoms with Crippen molar-refractivity contribution in [1.82, 2.24) is 24.3 Å². The first-order valence-corrected chi connectivity index (χ1v) is 9.17. The Bertz CT molecular complexity index is 708. The Balaban J connectivity index is 1.51. The molecule has 0 N–H and O–H groups in total. The van der Waals surface area contributed by atoms with E-state index in [4.69, 9.17) is 4.74 Å². The van der Waals surface area contributed by atoms with Gasteiger partial charge in [-0.15, -0.1) is 11.3 Å². The Morgan fingerprint density at radius 2 is 2.17 bits per heavy atom. The molecule has 1 atom stereocenters. The van der Waals surface area contributed by atoms with Crippen LogP contribution in [0.3, 0.4) is 0 Å². The number of nitrogens with zero attached hydrogens (tertiary/aromatic N) is 5. The van der Waals surface area contributed by atoms with Gasteiger partial charge in [0, 0.05) is 44.0 Å². The molecule has 1 amide bonds. The molecule has 128 valence electrons. The van der Waals surface area contributed by atoms with Crippen molar-refractivity contribution < 1.29 is 9.53 Å². The first-order valence-electron chi connectivity index (χ1n) is 8.29. The summed E-state index contributed by atoms with van der Waals surface area (Å²) in [5.41, 5.74) is 0.551. The molecule has 1 saturated heterocycles. The normalized spacial score (nSPS) is 21.7. The second-order valence-corrected chi connectivity index (χ2v) is 7.13. The lowest BCUT2D eigenvalue weighted by atomic mass is 10.2. The molecule has 24 heavy (non-hydrogen) atoms. The predicted molar refractivity (Wildman–Crippen MR) is 89.9 cm³/mol. The number of morpholine rings is 1. The number of carbonyl (C=O) groups is 1. The highest BCUT2D eigenvalue weighted by molar-refractivity contribution is 7.09. The van der Waals surface area contributed by atoms with Gasteiger partial charge in [0.25, 0.3) is 5.91 Å². The third-order valence-electron chi connectivity index (χ3n) is 4.70. The highest BCUT2D eigenvalue weighted by Gasteiger charge is 2.29. The van der Waals surface area contributed by atoms with Crippen LogP contribution in [0.1, 0.15) is 34.3 Å². The van der Waals surface area contributed by atoms with Gasteiger partial charge in [-0.1, -0.05) is 0 Å². The summed E-state index contributed by atoms with van der Waals surface area (Å²) in [6, 6.07) is 0.175. The number of fused-ring (bicyclic) bond motifs is 1. The van der Waals surface area contributed by atoms with Crippen LogP contribution in [0.25, 0.3) is 0 Å². The molecule has 0 bridgehead atoms. The quantitative estimate of drug-likeness (QED) is 0.840. The molecule has 0 aromatic carbocycles. The number of rotatable bonds is 3. The van der Waals surface area contributed by atoms with Crippen LogP contribution in [0.4, 0.5) is 0 Å². The van der Waals surface area contributed by atoms with E-state index in [0.29, 0.717) is 32.0 Å². The summed E-state index contributed by atoms with van der Waals surface area (Å²) in [5, 5.41) is 3.12. The second kappa shape index (κ2) is 6.62. The van der Waals surface area contributed by atoms with E-state index in [1.165, 1.54) is 0 Å². The minimum Gasteiger partial charge on any atom is -0.378 e. The van der Waals surface area contributed by atoms with E-state index in [-0.39, 0.29) is 11.9 Å². The summed E-state index contributed by atoms with van der Waals surface area (Å²) < 4.78 is 7.44. The van der Waals surface area contributed by atoms with Gasteiger partial charge in [0.2, 0.25) is 0 Å². The number of hydrogen-bond acceptors (Lipinski definition) is 6. The Morgan fingerprint density at radius 1 is 1.33 bits per heavy atom. The summed E-state index contributed by atoms with van der Waals surface area (Å²) in [7, 11) is 0. The Labute approximate surface area is 144 Å². The average molecular weight is 347 g/mol. The van der Waals surface area contributed by atoms with Gasteiger partial charge in [0.1, 0.15) is 16.5 Å². The summed E-state index contributed by atoms with van der Waals surface area (Å²) in [6.45, 7) is 7.28. The van der Waals surface area contributed by atoms with E-state index in [1.54, 1.807) is 11.3 Å². The molecular formula is C16H21N5O2S. The zero-order valence-electron chi connectivity index (χ0n) is 13.7. The molecule has 4 heterocycles. The van der Waals surface area contributed by atoms with Crippen LogP contribution in [0.5, 0.6) is 0 Å². The largest absolute Gasteiger partial charge is 0.378 e. The standard InChI is InChI=1S/C16H21N5O2S/c1-12-15-18-13(16(22)19-5-7-23-8-6-19)10-21(15)4-3-20(12)11-14-17-2-9-24-14/h2,9-10,12H,3-8,11H2,1H3/t12-/m1/s1. The third kappa shape index (κ3) is 2.97. The van der Waals surface area contributed by atoms with E-state index in [1.807, 2.05) is 22.7 Å². The van der Waals surface area contributed by atoms with Crippen LogP contribution in [0.2, 0.25) is 0 Å². The zero-order chi connectivity index (χ0) is 16.5. The van der Waals surface area contributed by atoms with Crippen LogP contribution < -0.4 is 0 Å². The van der Waals surface area contributed by atoms with Gasteiger partial charge < -0.3 is 14.2 Å². The van der Waals surface area contributed by atoms with E-state index in [2.05, 4.69) is 26.4 Å². The molecule has 0 aliphatic carbocycles. The maximum Gasteiger partial charge on any atom is 0.274 e. The van der Waals surface area contributed by atoms with E-state index in [0.717, 1.165) is 30.5 Å². The summed E-state index contributed by atoms with van der Waals surface area (Å²) in [4.78, 5) is 25.9. The third-order valence-corrected chi connectivity index (χ3v) is 5.46. The van der Waals surface area contributed by atoms with Gasteiger partial charge in [-0.05, 0) is 6.92 Å². The van der Waals surface area contributed by atoms with Crippen LogP contribution in [-0.4, -0.2) is 63.1 Å². The number of thiazole rings is 1. The van der Waals surface area contributed by atoms with Crippen LogP contribution >= 0.6 is 11.3 Å². The SMILES string of the molecule is C[C@@H]1c2nc(C(=O)N3CCOCC3)cn2CCN1Cc1nccs1. The van der Waals surface area contributed by atoms with Crippen molar-refractivity contribution in [3.8, 4) is 0 Å². The maximum absolute atomic E-state index is 12.6. The molecule has 0 saturated carbocycles. The highest BCUT2D eigenvalue weighted by atomic mass is 32.1. The van der Waals surface area contributed by atoms with Gasteiger partial charge in [-0.25, -0.2) is 9.97 Å². The minimum atomic E-state index is 0.0128. The minimum absolute atomic E-state index is 0.0128. The molecule has 1 fully saturated rings. The molecule has 0 spiro atoms. The first kappa shape index (κ1) is 15.7. The molecule has 0 unspecified atom stereocenters. The smallest absolute Gasteiger partial charge is 0.274 e. The van der Waals surface area contributed by atoms with Crippen molar-refractivity contribution in [1.29, 1.82) is 0 Å². The fourth-order valence-electron chi connectivity index (χ4n) is 3.29. The number of aromatic nitrogens is 3. The van der Waals surface area contributed by atoms with Crippen LogP contribution in [-0.2, 0) is 17.8 Å². The van der Waals surface area contributed by atoms with Gasteiger partial charge in [-0.2, -0.15) is 0 Å². The van der Waals surface area contributed by atoms with Gasteiger partial charge in [0.05, 0.1) is 25.8 Å². The second-order valence-electron chi connectivity index (χ2n) is 6.15. The van der Waals surface area contributed by atoms with E-state index >= 15 is 0 Å². The van der Waals surface area contributed by atoms with Crippen LogP contribution in [0.15, 0.2) is 17.8 Å². The molecule has 2 aromatic heterocycles. The molecule has 2 aliphatic rings. The number of carbonyl (C=O) groups excluding carboxylic acids is 1. The molecule has 4 rings (SSSR count). The number of amides is 1. The first-order chi connectivity index (χ1) is 11.7. The Hall–Kier alpha value is -1.77. The number of hydrogen-bond donors (Lipinski definition) is 0. The topological polar surface area (TPSA) is 63.5 Å². The van der Waals surface area contributed by atoms with Gasteiger partial charge in [0.15, 0.2) is 0 Å². The molecular weight excluding hydrogens is 326 g/mol. The fourth-order valence-corrected chi connectivity index (χ4v) is 3.93. The van der Waals surface area contributed by atoms with Crippen molar-refractivity contribution in [2.24, 2.45) is 0 Å². The highest BCUT2D eigenvalue weighted by Crippen LogP contribution is 2.27. The molecule has 7 nitrogen and oxygen atoms in total. The molecule has 2 aliphatic heterocycles. The summed E-state index contributed by atoms with van der Waals surface area (Å²) >= 11 is 1.68. The lowest BCUT2D eigenvalue weighted by Crippen LogP contribution is -2.40. The summed E-state index contributed by atoms with van der Waals surface area (Å²) in [6.07, 6.45) is 3.75. The molecule has 0 radical (unpaired) electrons. The van der Waals surface area contributed by atoms with Crippen molar-refractivity contribution in [2.75, 3.05) is 32.8 Å². The fraction of sp³-hybridized carbons (Fsp3) is 0.562. The summed E-state index contributed by atoms with van der Waals surface area (Å²) in [5.74, 6) is 0.980.